The van der Waals surface area contributed by atoms with E-state index in [1.165, 1.54) is 23.5 Å². The minimum atomic E-state index is -0.431. The third-order valence-corrected chi connectivity index (χ3v) is 5.00. The molecule has 1 aromatic heterocycles. The lowest BCUT2D eigenvalue weighted by Crippen LogP contribution is -1.99. The molecule has 0 spiro atoms. The van der Waals surface area contributed by atoms with Crippen molar-refractivity contribution >= 4 is 51.1 Å². The number of nitrogens with zero attached hydrogens (tertiary/aromatic N) is 3. The van der Waals surface area contributed by atoms with Gasteiger partial charge in [0.05, 0.1) is 26.4 Å². The van der Waals surface area contributed by atoms with E-state index in [0.717, 1.165) is 11.3 Å². The maximum atomic E-state index is 10.9. The van der Waals surface area contributed by atoms with E-state index in [1.807, 2.05) is 18.4 Å². The molecule has 0 saturated heterocycles. The summed E-state index contributed by atoms with van der Waals surface area (Å²) in [7, 11) is 0. The first-order valence-electron chi connectivity index (χ1n) is 7.40. The molecule has 26 heavy (non-hydrogen) atoms. The van der Waals surface area contributed by atoms with Crippen LogP contribution < -0.4 is 5.43 Å². The maximum absolute atomic E-state index is 10.9. The zero-order chi connectivity index (χ0) is 18.7. The highest BCUT2D eigenvalue weighted by Crippen LogP contribution is 2.28. The minimum Gasteiger partial charge on any atom is -0.258 e. The zero-order valence-electron chi connectivity index (χ0n) is 13.4. The number of hydrogen-bond acceptors (Lipinski definition) is 6. The van der Waals surface area contributed by atoms with E-state index in [-0.39, 0.29) is 5.69 Å². The molecule has 0 unspecified atom stereocenters. The molecule has 132 valence electrons. The number of benzene rings is 2. The number of halogens is 2. The predicted octanol–water partition coefficient (Wildman–Crippen LogP) is 5.86. The standard InChI is InChI=1S/C17H12Cl2N4O2S/c1-10(11-5-6-14(18)15(19)8-11)21-22-17-20-16(9-26-17)12-3-2-4-13(7-12)23(24)25/h2-9H,1H3,(H,20,22)/b21-10+. The van der Waals surface area contributed by atoms with Gasteiger partial charge in [0.25, 0.3) is 5.69 Å². The van der Waals surface area contributed by atoms with Crippen molar-refractivity contribution in [3.63, 3.8) is 0 Å². The van der Waals surface area contributed by atoms with Gasteiger partial charge in [0.2, 0.25) is 5.13 Å². The lowest BCUT2D eigenvalue weighted by molar-refractivity contribution is -0.384. The first-order chi connectivity index (χ1) is 12.4. The Bertz CT molecular complexity index is 1000. The van der Waals surface area contributed by atoms with Crippen molar-refractivity contribution in [2.24, 2.45) is 5.10 Å². The molecule has 1 heterocycles. The quantitative estimate of drug-likeness (QED) is 0.326. The van der Waals surface area contributed by atoms with E-state index in [1.54, 1.807) is 24.3 Å². The molecule has 0 aliphatic carbocycles. The fraction of sp³-hybridized carbons (Fsp3) is 0.0588. The van der Waals surface area contributed by atoms with Gasteiger partial charge in [0.1, 0.15) is 0 Å². The predicted molar refractivity (Wildman–Crippen MR) is 107 cm³/mol. The molecule has 0 amide bonds. The number of rotatable bonds is 5. The molecule has 1 N–H and O–H groups in total. The molecule has 0 atom stereocenters. The Balaban J connectivity index is 1.77. The molecular weight excluding hydrogens is 395 g/mol. The molecule has 0 fully saturated rings. The number of non-ortho nitro benzene ring substituents is 1. The summed E-state index contributed by atoms with van der Waals surface area (Å²) in [6.45, 7) is 1.83. The second-order valence-electron chi connectivity index (χ2n) is 5.28. The van der Waals surface area contributed by atoms with Crippen molar-refractivity contribution < 1.29 is 4.92 Å². The number of aromatic nitrogens is 1. The van der Waals surface area contributed by atoms with Crippen LogP contribution in [-0.2, 0) is 0 Å². The second-order valence-corrected chi connectivity index (χ2v) is 6.96. The van der Waals surface area contributed by atoms with Crippen molar-refractivity contribution in [2.45, 2.75) is 6.92 Å². The number of anilines is 1. The van der Waals surface area contributed by atoms with E-state index in [9.17, 15) is 10.1 Å². The normalized spacial score (nSPS) is 11.4. The van der Waals surface area contributed by atoms with E-state index in [4.69, 9.17) is 23.2 Å². The molecule has 3 rings (SSSR count). The summed E-state index contributed by atoms with van der Waals surface area (Å²) < 4.78 is 0. The van der Waals surface area contributed by atoms with Crippen LogP contribution in [0.1, 0.15) is 12.5 Å². The number of nitro groups is 1. The lowest BCUT2D eigenvalue weighted by Gasteiger charge is -2.03. The number of hydrogen-bond donors (Lipinski definition) is 1. The summed E-state index contributed by atoms with van der Waals surface area (Å²) in [5.41, 5.74) is 5.79. The summed E-state index contributed by atoms with van der Waals surface area (Å²) in [6.07, 6.45) is 0. The van der Waals surface area contributed by atoms with Crippen molar-refractivity contribution in [1.29, 1.82) is 0 Å². The molecule has 0 bridgehead atoms. The molecule has 0 saturated carbocycles. The molecule has 0 aliphatic rings. The summed E-state index contributed by atoms with van der Waals surface area (Å²) in [6, 6.07) is 11.6. The summed E-state index contributed by atoms with van der Waals surface area (Å²) >= 11 is 13.3. The van der Waals surface area contributed by atoms with Crippen LogP contribution in [-0.4, -0.2) is 15.6 Å². The molecule has 3 aromatic rings. The molecule has 9 heteroatoms. The van der Waals surface area contributed by atoms with Crippen molar-refractivity contribution in [2.75, 3.05) is 5.43 Å². The van der Waals surface area contributed by atoms with Gasteiger partial charge in [-0.15, -0.1) is 11.3 Å². The SMILES string of the molecule is C/C(=N\Nc1nc(-c2cccc([N+](=O)[O-])c2)cs1)c1ccc(Cl)c(Cl)c1. The van der Waals surface area contributed by atoms with E-state index in [2.05, 4.69) is 15.5 Å². The third-order valence-electron chi connectivity index (χ3n) is 3.51. The van der Waals surface area contributed by atoms with Gasteiger partial charge in [-0.25, -0.2) is 4.98 Å². The average Bonchev–Trinajstić information content (AvgIpc) is 3.11. The highest BCUT2D eigenvalue weighted by atomic mass is 35.5. The largest absolute Gasteiger partial charge is 0.270 e. The fourth-order valence-corrected chi connectivity index (χ4v) is 3.11. The molecule has 0 aliphatic heterocycles. The Kier molecular flexibility index (Phi) is 5.51. The first-order valence-corrected chi connectivity index (χ1v) is 9.03. The Morgan fingerprint density at radius 1 is 1.23 bits per heavy atom. The Morgan fingerprint density at radius 2 is 2.04 bits per heavy atom. The van der Waals surface area contributed by atoms with Gasteiger partial charge >= 0.3 is 0 Å². The fourth-order valence-electron chi connectivity index (χ4n) is 2.15. The van der Waals surface area contributed by atoms with Crippen LogP contribution in [0.15, 0.2) is 52.9 Å². The third kappa shape index (κ3) is 4.19. The van der Waals surface area contributed by atoms with Crippen LogP contribution in [0, 0.1) is 10.1 Å². The Hall–Kier alpha value is -2.48. The monoisotopic (exact) mass is 406 g/mol. The highest BCUT2D eigenvalue weighted by molar-refractivity contribution is 7.14. The number of nitrogens with one attached hydrogen (secondary N) is 1. The van der Waals surface area contributed by atoms with Crippen LogP contribution >= 0.6 is 34.5 Å². The van der Waals surface area contributed by atoms with Crippen LogP contribution in [0.3, 0.4) is 0 Å². The molecular formula is C17H12Cl2N4O2S. The smallest absolute Gasteiger partial charge is 0.258 e. The second kappa shape index (κ2) is 7.82. The Morgan fingerprint density at radius 3 is 2.77 bits per heavy atom. The van der Waals surface area contributed by atoms with Gasteiger partial charge in [0.15, 0.2) is 0 Å². The van der Waals surface area contributed by atoms with Gasteiger partial charge in [-0.2, -0.15) is 5.10 Å². The molecule has 0 radical (unpaired) electrons. The first kappa shape index (κ1) is 18.3. The summed E-state index contributed by atoms with van der Waals surface area (Å²) in [5.74, 6) is 0. The van der Waals surface area contributed by atoms with E-state index >= 15 is 0 Å². The molecule has 2 aromatic carbocycles. The lowest BCUT2D eigenvalue weighted by atomic mass is 10.1. The number of hydrazone groups is 1. The van der Waals surface area contributed by atoms with Crippen molar-refractivity contribution in [1.82, 2.24) is 4.98 Å². The van der Waals surface area contributed by atoms with Crippen LogP contribution in [0.25, 0.3) is 11.3 Å². The minimum absolute atomic E-state index is 0.0264. The number of nitro benzene ring substituents is 1. The van der Waals surface area contributed by atoms with E-state index < -0.39 is 4.92 Å². The topological polar surface area (TPSA) is 80.4 Å². The van der Waals surface area contributed by atoms with Crippen molar-refractivity contribution in [3.8, 4) is 11.3 Å². The van der Waals surface area contributed by atoms with Gasteiger partial charge in [-0.3, -0.25) is 15.5 Å². The Labute approximate surface area is 163 Å². The van der Waals surface area contributed by atoms with Crippen LogP contribution in [0.5, 0.6) is 0 Å². The van der Waals surface area contributed by atoms with Crippen molar-refractivity contribution in [3.05, 3.63) is 73.6 Å². The van der Waals surface area contributed by atoms with Crippen LogP contribution in [0.2, 0.25) is 10.0 Å². The summed E-state index contributed by atoms with van der Waals surface area (Å²) in [5, 5.41) is 18.5. The van der Waals surface area contributed by atoms with Gasteiger partial charge in [-0.1, -0.05) is 41.4 Å². The zero-order valence-corrected chi connectivity index (χ0v) is 15.8. The molecule has 6 nitrogen and oxygen atoms in total. The van der Waals surface area contributed by atoms with Gasteiger partial charge < -0.3 is 0 Å². The van der Waals surface area contributed by atoms with Gasteiger partial charge in [-0.05, 0) is 24.6 Å². The average molecular weight is 407 g/mol. The van der Waals surface area contributed by atoms with E-state index in [0.29, 0.717) is 26.4 Å². The maximum Gasteiger partial charge on any atom is 0.270 e. The summed E-state index contributed by atoms with van der Waals surface area (Å²) in [4.78, 5) is 14.9. The van der Waals surface area contributed by atoms with Gasteiger partial charge in [0, 0.05) is 23.1 Å². The highest BCUT2D eigenvalue weighted by Gasteiger charge is 2.10. The number of thiazole rings is 1. The van der Waals surface area contributed by atoms with Crippen LogP contribution in [0.4, 0.5) is 10.8 Å².